The van der Waals surface area contributed by atoms with E-state index in [0.717, 1.165) is 41.7 Å². The zero-order chi connectivity index (χ0) is 20.9. The molecule has 1 N–H and O–H groups in total. The third-order valence-electron chi connectivity index (χ3n) is 6.54. The van der Waals surface area contributed by atoms with Crippen molar-refractivity contribution in [3.63, 3.8) is 0 Å². The minimum Gasteiger partial charge on any atom is -0.493 e. The number of methoxy groups -OCH3 is 1. The summed E-state index contributed by atoms with van der Waals surface area (Å²) in [6.07, 6.45) is 3.89. The average molecular weight is 409 g/mol. The van der Waals surface area contributed by atoms with Crippen molar-refractivity contribution in [2.45, 2.75) is 44.9 Å². The van der Waals surface area contributed by atoms with E-state index in [1.54, 1.807) is 7.11 Å². The molecule has 1 aromatic carbocycles. The molecule has 3 heterocycles. The summed E-state index contributed by atoms with van der Waals surface area (Å²) in [6.45, 7) is 6.15. The molecule has 0 radical (unpaired) electrons. The molecule has 0 unspecified atom stereocenters. The summed E-state index contributed by atoms with van der Waals surface area (Å²) >= 11 is 0. The van der Waals surface area contributed by atoms with Crippen molar-refractivity contribution < 1.29 is 14.3 Å². The van der Waals surface area contributed by atoms with Crippen LogP contribution in [0.1, 0.15) is 42.6 Å². The van der Waals surface area contributed by atoms with Gasteiger partial charge in [-0.05, 0) is 63.1 Å². The number of piperidine rings is 1. The molecule has 1 saturated heterocycles. The number of anilines is 2. The molecule has 1 aromatic heterocycles. The minimum atomic E-state index is -0.535. The van der Waals surface area contributed by atoms with Gasteiger partial charge in [0.1, 0.15) is 0 Å². The third-order valence-corrected chi connectivity index (χ3v) is 6.54. The summed E-state index contributed by atoms with van der Waals surface area (Å²) in [5, 5.41) is 3.10. The van der Waals surface area contributed by atoms with E-state index in [4.69, 9.17) is 9.47 Å². The Morgan fingerprint density at radius 2 is 1.80 bits per heavy atom. The van der Waals surface area contributed by atoms with Crippen LogP contribution in [0.4, 0.5) is 11.6 Å². The highest BCUT2D eigenvalue weighted by molar-refractivity contribution is 6.07. The molecule has 7 heteroatoms. The van der Waals surface area contributed by atoms with E-state index in [-0.39, 0.29) is 5.91 Å². The van der Waals surface area contributed by atoms with Crippen molar-refractivity contribution in [3.8, 4) is 11.5 Å². The van der Waals surface area contributed by atoms with Gasteiger partial charge in [0, 0.05) is 36.2 Å². The van der Waals surface area contributed by atoms with Crippen molar-refractivity contribution in [3.05, 3.63) is 35.2 Å². The van der Waals surface area contributed by atoms with E-state index < -0.39 is 5.41 Å². The molecule has 2 aliphatic heterocycles. The molecule has 5 rings (SSSR count). The number of nitrogens with one attached hydrogen (secondary N) is 1. The molecule has 158 valence electrons. The number of hydrogen-bond acceptors (Lipinski definition) is 6. The van der Waals surface area contributed by atoms with E-state index in [9.17, 15) is 4.79 Å². The maximum absolute atomic E-state index is 13.1. The molecule has 1 saturated carbocycles. The van der Waals surface area contributed by atoms with Crippen molar-refractivity contribution in [2.24, 2.45) is 5.92 Å². The van der Waals surface area contributed by atoms with Crippen molar-refractivity contribution >= 4 is 17.5 Å². The van der Waals surface area contributed by atoms with Gasteiger partial charge in [-0.25, -0.2) is 9.97 Å². The molecule has 2 fully saturated rings. The van der Waals surface area contributed by atoms with Crippen LogP contribution in [0.15, 0.2) is 18.2 Å². The van der Waals surface area contributed by atoms with Gasteiger partial charge in [0.05, 0.1) is 19.1 Å². The predicted octanol–water partition coefficient (Wildman–Crippen LogP) is 3.38. The summed E-state index contributed by atoms with van der Waals surface area (Å²) in [5.41, 5.74) is 3.26. The van der Waals surface area contributed by atoms with Gasteiger partial charge < -0.3 is 19.7 Å². The largest absolute Gasteiger partial charge is 0.493 e. The number of rotatable bonds is 5. The van der Waals surface area contributed by atoms with Crippen LogP contribution in [0.5, 0.6) is 11.5 Å². The first kappa shape index (κ1) is 19.2. The molecule has 7 nitrogen and oxygen atoms in total. The lowest BCUT2D eigenvalue weighted by Gasteiger charge is -2.38. The molecular weight excluding hydrogens is 380 g/mol. The first-order valence-corrected chi connectivity index (χ1v) is 10.7. The van der Waals surface area contributed by atoms with Crippen LogP contribution in [0.3, 0.4) is 0 Å². The highest BCUT2D eigenvalue weighted by Gasteiger charge is 2.49. The number of hydrogen-bond donors (Lipinski definition) is 1. The SMILES string of the molecule is COc1cc2c(cc1OCC1CC1)NC(=O)C21CCN(c2nc(C)cc(C)n2)CC1. The van der Waals surface area contributed by atoms with Crippen molar-refractivity contribution in [2.75, 3.05) is 37.0 Å². The van der Waals surface area contributed by atoms with Crippen LogP contribution < -0.4 is 19.7 Å². The summed E-state index contributed by atoms with van der Waals surface area (Å²) in [6, 6.07) is 5.91. The van der Waals surface area contributed by atoms with Crippen LogP contribution in [0.2, 0.25) is 0 Å². The normalized spacial score (nSPS) is 19.6. The fourth-order valence-corrected chi connectivity index (χ4v) is 4.62. The number of aromatic nitrogens is 2. The van der Waals surface area contributed by atoms with Crippen molar-refractivity contribution in [1.82, 2.24) is 9.97 Å². The second-order valence-corrected chi connectivity index (χ2v) is 8.78. The first-order valence-electron chi connectivity index (χ1n) is 10.7. The van der Waals surface area contributed by atoms with Gasteiger partial charge in [0.25, 0.3) is 0 Å². The van der Waals surface area contributed by atoms with E-state index in [0.29, 0.717) is 36.9 Å². The van der Waals surface area contributed by atoms with Crippen LogP contribution in [-0.4, -0.2) is 42.7 Å². The number of carbonyl (C=O) groups is 1. The molecule has 0 atom stereocenters. The Labute approximate surface area is 176 Å². The smallest absolute Gasteiger partial charge is 0.235 e. The van der Waals surface area contributed by atoms with Gasteiger partial charge in [0.2, 0.25) is 11.9 Å². The van der Waals surface area contributed by atoms with Gasteiger partial charge in [-0.1, -0.05) is 0 Å². The first-order chi connectivity index (χ1) is 14.5. The number of fused-ring (bicyclic) bond motifs is 2. The Kier molecular flexibility index (Phi) is 4.56. The summed E-state index contributed by atoms with van der Waals surface area (Å²) in [5.74, 6) is 2.88. The van der Waals surface area contributed by atoms with Gasteiger partial charge >= 0.3 is 0 Å². The maximum Gasteiger partial charge on any atom is 0.235 e. The summed E-state index contributed by atoms with van der Waals surface area (Å²) < 4.78 is 11.6. The summed E-state index contributed by atoms with van der Waals surface area (Å²) in [4.78, 5) is 24.5. The molecule has 30 heavy (non-hydrogen) atoms. The van der Waals surface area contributed by atoms with Crippen LogP contribution >= 0.6 is 0 Å². The zero-order valence-corrected chi connectivity index (χ0v) is 17.8. The summed E-state index contributed by atoms with van der Waals surface area (Å²) in [7, 11) is 1.66. The van der Waals surface area contributed by atoms with Gasteiger partial charge in [-0.3, -0.25) is 4.79 Å². The standard InChI is InChI=1S/C23H28N4O3/c1-14-10-15(2)25-22(24-14)27-8-6-23(7-9-27)17-11-19(29-3)20(30-13-16-4-5-16)12-18(17)26-21(23)28/h10-12,16H,4-9,13H2,1-3H3,(H,26,28). The minimum absolute atomic E-state index is 0.0693. The van der Waals surface area contributed by atoms with Gasteiger partial charge in [0.15, 0.2) is 11.5 Å². The van der Waals surface area contributed by atoms with Crippen molar-refractivity contribution in [1.29, 1.82) is 0 Å². The Balaban J connectivity index is 1.40. The van der Waals surface area contributed by atoms with E-state index >= 15 is 0 Å². The Morgan fingerprint density at radius 1 is 1.10 bits per heavy atom. The third kappa shape index (κ3) is 3.26. The molecular formula is C23H28N4O3. The number of amides is 1. The Bertz CT molecular complexity index is 974. The second-order valence-electron chi connectivity index (χ2n) is 8.78. The number of aryl methyl sites for hydroxylation is 2. The topological polar surface area (TPSA) is 76.6 Å². The quantitative estimate of drug-likeness (QED) is 0.817. The van der Waals surface area contributed by atoms with Crippen LogP contribution in [0.25, 0.3) is 0 Å². The van der Waals surface area contributed by atoms with E-state index in [2.05, 4.69) is 20.2 Å². The van der Waals surface area contributed by atoms with E-state index in [1.807, 2.05) is 32.0 Å². The Hall–Kier alpha value is -2.83. The van der Waals surface area contributed by atoms with Gasteiger partial charge in [-0.2, -0.15) is 0 Å². The lowest BCUT2D eigenvalue weighted by Crippen LogP contribution is -2.47. The number of benzene rings is 1. The monoisotopic (exact) mass is 408 g/mol. The molecule has 0 bridgehead atoms. The van der Waals surface area contributed by atoms with E-state index in [1.165, 1.54) is 12.8 Å². The zero-order valence-electron chi connectivity index (χ0n) is 17.8. The molecule has 1 amide bonds. The fraction of sp³-hybridized carbons (Fsp3) is 0.522. The van der Waals surface area contributed by atoms with Crippen LogP contribution in [-0.2, 0) is 10.2 Å². The molecule has 3 aliphatic rings. The van der Waals surface area contributed by atoms with Gasteiger partial charge in [-0.15, -0.1) is 0 Å². The number of nitrogens with zero attached hydrogens (tertiary/aromatic N) is 3. The maximum atomic E-state index is 13.1. The lowest BCUT2D eigenvalue weighted by molar-refractivity contribution is -0.121. The second kappa shape index (κ2) is 7.15. The number of carbonyl (C=O) groups excluding carboxylic acids is 1. The molecule has 1 spiro atoms. The predicted molar refractivity (Wildman–Crippen MR) is 114 cm³/mol. The highest BCUT2D eigenvalue weighted by Crippen LogP contribution is 2.49. The Morgan fingerprint density at radius 3 is 2.43 bits per heavy atom. The molecule has 2 aromatic rings. The lowest BCUT2D eigenvalue weighted by atomic mass is 9.73. The average Bonchev–Trinajstić information content (AvgIpc) is 3.52. The number of ether oxygens (including phenoxy) is 2. The highest BCUT2D eigenvalue weighted by atomic mass is 16.5. The van der Waals surface area contributed by atoms with Crippen LogP contribution in [0, 0.1) is 19.8 Å². The fourth-order valence-electron chi connectivity index (χ4n) is 4.62. The molecule has 1 aliphatic carbocycles.